The minimum atomic E-state index is -6.22. The van der Waals surface area contributed by atoms with Crippen LogP contribution in [0.4, 0.5) is 70.2 Å². The Hall–Kier alpha value is -3.18. The second-order valence-electron chi connectivity index (χ2n) is 6.55. The third-order valence-electron chi connectivity index (χ3n) is 3.75. The molecule has 0 N–H and O–H groups in total. The van der Waals surface area contributed by atoms with E-state index < -0.39 is 60.0 Å². The Kier molecular flexibility index (Phi) is 9.65. The van der Waals surface area contributed by atoms with Gasteiger partial charge in [0.1, 0.15) is 0 Å². The first-order valence-electron chi connectivity index (χ1n) is 8.48. The number of ether oxygens (including phenoxy) is 4. The molecule has 0 saturated carbocycles. The summed E-state index contributed by atoms with van der Waals surface area (Å²) in [5.41, 5.74) is 0. The number of alkyl halides is 14. The third-order valence-corrected chi connectivity index (χ3v) is 3.75. The molecule has 0 aliphatic carbocycles. The molecular weight excluding hydrogens is 584 g/mol. The molecule has 0 radical (unpaired) electrons. The van der Waals surface area contributed by atoms with E-state index in [0.29, 0.717) is 0 Å². The molecule has 2 rings (SSSR count). The van der Waals surface area contributed by atoms with Crippen LogP contribution in [0.5, 0.6) is 0 Å². The Bertz CT molecular complexity index is 1030. The maximum absolute atomic E-state index is 13.1. The molecule has 0 aromatic carbocycles. The number of terminal acetylenes is 2. The molecule has 2 saturated heterocycles. The predicted octanol–water partition coefficient (Wildman–Crippen LogP) is 6.40. The highest BCUT2D eigenvalue weighted by atomic mass is 19.4. The number of halogens is 16. The molecular formula is C18H8F16O4. The molecule has 0 spiro atoms. The van der Waals surface area contributed by atoms with Crippen molar-refractivity contribution < 1.29 is 89.2 Å². The smallest absolute Gasteiger partial charge is 0.407 e. The molecule has 38 heavy (non-hydrogen) atoms. The molecule has 3 atom stereocenters. The van der Waals surface area contributed by atoms with Gasteiger partial charge in [-0.3, -0.25) is 9.47 Å². The molecule has 2 aliphatic heterocycles. The summed E-state index contributed by atoms with van der Waals surface area (Å²) in [6.07, 6.45) is -17.3. The molecule has 2 aliphatic rings. The van der Waals surface area contributed by atoms with Crippen LogP contribution in [0.2, 0.25) is 0 Å². The van der Waals surface area contributed by atoms with Crippen LogP contribution >= 0.6 is 0 Å². The fourth-order valence-electron chi connectivity index (χ4n) is 1.82. The minimum Gasteiger partial charge on any atom is -0.407 e. The van der Waals surface area contributed by atoms with Crippen molar-refractivity contribution in [1.29, 1.82) is 0 Å². The molecule has 4 nitrogen and oxygen atoms in total. The van der Waals surface area contributed by atoms with Gasteiger partial charge in [-0.15, -0.1) is 12.8 Å². The molecule has 0 aromatic rings. The zero-order valence-corrected chi connectivity index (χ0v) is 17.8. The van der Waals surface area contributed by atoms with Crippen molar-refractivity contribution in [2.45, 2.75) is 61.8 Å². The SMILES string of the molecule is C#CC#CC#C.CC(F)(F)C1(C)OC(F)(F)C(F)(C(F)(F)F)O1.FC(F)=C1OC(F)(F)C(F)(C(F)(F)F)O1. The highest BCUT2D eigenvalue weighted by Gasteiger charge is 2.84. The van der Waals surface area contributed by atoms with Crippen LogP contribution in [0, 0.1) is 36.5 Å². The van der Waals surface area contributed by atoms with Crippen molar-refractivity contribution in [2.75, 3.05) is 0 Å². The van der Waals surface area contributed by atoms with Crippen LogP contribution in [-0.4, -0.2) is 48.0 Å². The topological polar surface area (TPSA) is 36.9 Å². The van der Waals surface area contributed by atoms with Gasteiger partial charge < -0.3 is 9.47 Å². The standard InChI is InChI=1S/C7H6F8O2.C6H2.C5F8O2/c1-3(8,9)4(2)16-5(10,6(11,12)13)7(14,15)17-4;1-3-5-6-4-2;6-1(7)2-14-3(8,4(9,10)11)5(12,13)15-2/h1-2H3;1-2H;. The Morgan fingerprint density at radius 2 is 1.08 bits per heavy atom. The first kappa shape index (κ1) is 34.8. The lowest BCUT2D eigenvalue weighted by atomic mass is 10.2. The number of hydrogen-bond donors (Lipinski definition) is 0. The summed E-state index contributed by atoms with van der Waals surface area (Å²) in [7, 11) is 0. The summed E-state index contributed by atoms with van der Waals surface area (Å²) in [6.45, 7) is 0.0547. The summed E-state index contributed by atoms with van der Waals surface area (Å²) < 4.78 is 208. The van der Waals surface area contributed by atoms with E-state index in [-0.39, 0.29) is 13.8 Å². The average Bonchev–Trinajstić information content (AvgIpc) is 3.07. The summed E-state index contributed by atoms with van der Waals surface area (Å²) >= 11 is 0. The average molecular weight is 592 g/mol. The van der Waals surface area contributed by atoms with Crippen LogP contribution in [0.3, 0.4) is 0 Å². The van der Waals surface area contributed by atoms with E-state index in [0.717, 1.165) is 0 Å². The van der Waals surface area contributed by atoms with Gasteiger partial charge in [0.2, 0.25) is 5.79 Å². The Balaban J connectivity index is 0.000000599. The Morgan fingerprint density at radius 3 is 1.26 bits per heavy atom. The zero-order chi connectivity index (χ0) is 30.8. The van der Waals surface area contributed by atoms with Gasteiger partial charge in [-0.1, -0.05) is 0 Å². The normalized spacial score (nSPS) is 29.4. The highest BCUT2D eigenvalue weighted by molar-refractivity contribution is 5.31. The molecule has 216 valence electrons. The van der Waals surface area contributed by atoms with Crippen LogP contribution in [0.15, 0.2) is 12.0 Å². The first-order chi connectivity index (χ1) is 16.6. The van der Waals surface area contributed by atoms with Crippen molar-refractivity contribution in [1.82, 2.24) is 0 Å². The summed E-state index contributed by atoms with van der Waals surface area (Å²) in [5.74, 6) is -13.1. The molecule has 0 bridgehead atoms. The zero-order valence-electron chi connectivity index (χ0n) is 17.8. The van der Waals surface area contributed by atoms with Crippen molar-refractivity contribution in [3.05, 3.63) is 12.0 Å². The molecule has 3 unspecified atom stereocenters. The summed E-state index contributed by atoms with van der Waals surface area (Å²) in [4.78, 5) is 0. The van der Waals surface area contributed by atoms with Crippen molar-refractivity contribution in [3.63, 3.8) is 0 Å². The van der Waals surface area contributed by atoms with Crippen LogP contribution in [-0.2, 0) is 18.9 Å². The van der Waals surface area contributed by atoms with Gasteiger partial charge in [-0.25, -0.2) is 8.78 Å². The number of hydrogen-bond acceptors (Lipinski definition) is 4. The van der Waals surface area contributed by atoms with Gasteiger partial charge in [0.15, 0.2) is 0 Å². The van der Waals surface area contributed by atoms with E-state index in [1.807, 2.05) is 0 Å². The monoisotopic (exact) mass is 592 g/mol. The molecule has 2 heterocycles. The van der Waals surface area contributed by atoms with Gasteiger partial charge in [-0.2, -0.15) is 61.5 Å². The van der Waals surface area contributed by atoms with Gasteiger partial charge >= 0.3 is 48.3 Å². The van der Waals surface area contributed by atoms with Gasteiger partial charge in [0, 0.05) is 6.92 Å². The molecule has 20 heteroatoms. The van der Waals surface area contributed by atoms with Crippen molar-refractivity contribution in [3.8, 4) is 36.5 Å². The lowest BCUT2D eigenvalue weighted by Gasteiger charge is -2.29. The van der Waals surface area contributed by atoms with Crippen LogP contribution in [0.25, 0.3) is 0 Å². The largest absolute Gasteiger partial charge is 0.483 e. The Morgan fingerprint density at radius 1 is 0.684 bits per heavy atom. The van der Waals surface area contributed by atoms with E-state index in [1.165, 1.54) is 0 Å². The van der Waals surface area contributed by atoms with E-state index in [2.05, 4.69) is 42.6 Å². The Labute approximate surface area is 200 Å². The van der Waals surface area contributed by atoms with Crippen molar-refractivity contribution >= 4 is 0 Å². The highest BCUT2D eigenvalue weighted by Crippen LogP contribution is 2.58. The minimum absolute atomic E-state index is 0.0365. The predicted molar refractivity (Wildman–Crippen MR) is 87.7 cm³/mol. The number of rotatable bonds is 1. The lowest BCUT2D eigenvalue weighted by molar-refractivity contribution is -0.395. The van der Waals surface area contributed by atoms with Gasteiger partial charge in [0.25, 0.3) is 5.92 Å². The summed E-state index contributed by atoms with van der Waals surface area (Å²) in [5, 5.41) is 0. The van der Waals surface area contributed by atoms with Crippen LogP contribution < -0.4 is 0 Å². The van der Waals surface area contributed by atoms with Gasteiger partial charge in [0.05, 0.1) is 0 Å². The third kappa shape index (κ3) is 6.63. The molecule has 2 fully saturated rings. The first-order valence-corrected chi connectivity index (χ1v) is 8.48. The maximum Gasteiger partial charge on any atom is 0.483 e. The van der Waals surface area contributed by atoms with Crippen LogP contribution in [0.1, 0.15) is 13.8 Å². The van der Waals surface area contributed by atoms with E-state index in [9.17, 15) is 70.2 Å². The summed E-state index contributed by atoms with van der Waals surface area (Å²) in [6, 6.07) is 0. The van der Waals surface area contributed by atoms with E-state index in [4.69, 9.17) is 12.8 Å². The lowest BCUT2D eigenvalue weighted by Crippen LogP contribution is -2.53. The van der Waals surface area contributed by atoms with Gasteiger partial charge in [-0.05, 0) is 30.6 Å². The fourth-order valence-corrected chi connectivity index (χ4v) is 1.82. The molecule has 0 amide bonds. The van der Waals surface area contributed by atoms with Crippen molar-refractivity contribution in [2.24, 2.45) is 0 Å². The van der Waals surface area contributed by atoms with E-state index in [1.54, 1.807) is 0 Å². The fraction of sp³-hybridized carbons (Fsp3) is 0.556. The quantitative estimate of drug-likeness (QED) is 0.261. The maximum atomic E-state index is 13.1. The second kappa shape index (κ2) is 10.5. The second-order valence-corrected chi connectivity index (χ2v) is 6.55. The van der Waals surface area contributed by atoms with E-state index >= 15 is 0 Å². The molecule has 0 aromatic heterocycles.